The molecule has 0 aliphatic heterocycles. The number of carboxylic acid groups (broad SMARTS) is 1. The number of rotatable bonds is 8. The highest BCUT2D eigenvalue weighted by atomic mass is 19.1. The number of ketones is 1. The van der Waals surface area contributed by atoms with Gasteiger partial charge in [0.25, 0.3) is 0 Å². The van der Waals surface area contributed by atoms with E-state index >= 15 is 0 Å². The Balaban J connectivity index is 2.63. The Morgan fingerprint density at radius 1 is 1.27 bits per heavy atom. The van der Waals surface area contributed by atoms with Gasteiger partial charge in [-0.2, -0.15) is 0 Å². The van der Waals surface area contributed by atoms with Crippen molar-refractivity contribution in [2.24, 2.45) is 0 Å². The van der Waals surface area contributed by atoms with Gasteiger partial charge >= 0.3 is 5.97 Å². The molecule has 7 heteroatoms. The number of carbonyl (C=O) groups is 3. The van der Waals surface area contributed by atoms with Crippen molar-refractivity contribution in [3.63, 3.8) is 0 Å². The van der Waals surface area contributed by atoms with Crippen molar-refractivity contribution in [1.82, 2.24) is 4.90 Å². The van der Waals surface area contributed by atoms with Gasteiger partial charge in [0.05, 0.1) is 7.11 Å². The normalized spacial score (nSPS) is 10.1. The Morgan fingerprint density at radius 3 is 2.45 bits per heavy atom. The predicted molar refractivity (Wildman–Crippen MR) is 76.4 cm³/mol. The minimum Gasteiger partial charge on any atom is -0.494 e. The smallest absolute Gasteiger partial charge is 0.323 e. The number of aliphatic carboxylic acids is 1. The Bertz CT molecular complexity index is 573. The van der Waals surface area contributed by atoms with Gasteiger partial charge in [0.15, 0.2) is 17.3 Å². The van der Waals surface area contributed by atoms with Gasteiger partial charge < -0.3 is 14.7 Å². The van der Waals surface area contributed by atoms with Crippen molar-refractivity contribution in [3.05, 3.63) is 29.6 Å². The van der Waals surface area contributed by atoms with Crippen molar-refractivity contribution in [2.45, 2.75) is 19.8 Å². The third-order valence-corrected chi connectivity index (χ3v) is 3.10. The molecule has 0 saturated carbocycles. The molecule has 1 N–H and O–H groups in total. The van der Waals surface area contributed by atoms with Crippen LogP contribution in [0.3, 0.4) is 0 Å². The van der Waals surface area contributed by atoms with Crippen LogP contribution in [0.5, 0.6) is 5.75 Å². The minimum atomic E-state index is -1.11. The summed E-state index contributed by atoms with van der Waals surface area (Å²) in [5.74, 6) is -2.54. The third kappa shape index (κ3) is 4.83. The van der Waals surface area contributed by atoms with E-state index in [1.165, 1.54) is 19.2 Å². The molecule has 0 bridgehead atoms. The Kier molecular flexibility index (Phi) is 6.49. The zero-order chi connectivity index (χ0) is 16.7. The fourth-order valence-electron chi connectivity index (χ4n) is 1.90. The topological polar surface area (TPSA) is 83.9 Å². The Morgan fingerprint density at radius 2 is 1.95 bits per heavy atom. The second kappa shape index (κ2) is 8.11. The van der Waals surface area contributed by atoms with Crippen molar-refractivity contribution >= 4 is 17.7 Å². The third-order valence-electron chi connectivity index (χ3n) is 3.10. The molecule has 1 rings (SSSR count). The van der Waals surface area contributed by atoms with Crippen LogP contribution in [-0.4, -0.2) is 47.9 Å². The number of likely N-dealkylation sites (N-methyl/N-ethyl adjacent to an activating group) is 1. The standard InChI is InChI=1S/C15H18FNO5/c1-3-17(9-15(20)21)14(19)7-5-12(18)10-4-6-13(22-2)11(16)8-10/h4,6,8H,3,5,7,9H2,1-2H3,(H,20,21). The number of benzene rings is 1. The van der Waals surface area contributed by atoms with Gasteiger partial charge in [0.2, 0.25) is 5.91 Å². The van der Waals surface area contributed by atoms with Crippen LogP contribution in [-0.2, 0) is 9.59 Å². The van der Waals surface area contributed by atoms with Crippen molar-refractivity contribution < 1.29 is 28.6 Å². The quantitative estimate of drug-likeness (QED) is 0.739. The zero-order valence-electron chi connectivity index (χ0n) is 12.5. The van der Waals surface area contributed by atoms with E-state index in [4.69, 9.17) is 9.84 Å². The van der Waals surface area contributed by atoms with E-state index in [1.54, 1.807) is 6.92 Å². The summed E-state index contributed by atoms with van der Waals surface area (Å²) in [5.41, 5.74) is 0.146. The lowest BCUT2D eigenvalue weighted by Crippen LogP contribution is -2.35. The van der Waals surface area contributed by atoms with Crippen molar-refractivity contribution in [1.29, 1.82) is 0 Å². The fraction of sp³-hybridized carbons (Fsp3) is 0.400. The monoisotopic (exact) mass is 311 g/mol. The number of hydrogen-bond acceptors (Lipinski definition) is 4. The molecule has 0 aromatic heterocycles. The predicted octanol–water partition coefficient (Wildman–Crippen LogP) is 1.73. The average molecular weight is 311 g/mol. The first-order chi connectivity index (χ1) is 10.4. The van der Waals surface area contributed by atoms with Crippen LogP contribution in [0, 0.1) is 5.82 Å². The van der Waals surface area contributed by atoms with Gasteiger partial charge in [0.1, 0.15) is 6.54 Å². The molecule has 22 heavy (non-hydrogen) atoms. The Hall–Kier alpha value is -2.44. The molecule has 1 amide bonds. The summed E-state index contributed by atoms with van der Waals surface area (Å²) in [6.07, 6.45) is -0.228. The maximum absolute atomic E-state index is 13.5. The number of methoxy groups -OCH3 is 1. The SMILES string of the molecule is CCN(CC(=O)O)C(=O)CCC(=O)c1ccc(OC)c(F)c1. The van der Waals surface area contributed by atoms with Gasteiger partial charge in [-0.25, -0.2) is 4.39 Å². The van der Waals surface area contributed by atoms with Crippen LogP contribution in [0.2, 0.25) is 0 Å². The van der Waals surface area contributed by atoms with Crippen LogP contribution in [0.15, 0.2) is 18.2 Å². The fourth-order valence-corrected chi connectivity index (χ4v) is 1.90. The van der Waals surface area contributed by atoms with E-state index in [0.29, 0.717) is 0 Å². The molecule has 0 radical (unpaired) electrons. The first-order valence-corrected chi connectivity index (χ1v) is 6.75. The lowest BCUT2D eigenvalue weighted by atomic mass is 10.1. The molecule has 0 aliphatic carbocycles. The molecule has 120 valence electrons. The first-order valence-electron chi connectivity index (χ1n) is 6.75. The van der Waals surface area contributed by atoms with Crippen LogP contribution < -0.4 is 4.74 Å². The molecular formula is C15H18FNO5. The lowest BCUT2D eigenvalue weighted by molar-refractivity contribution is -0.144. The molecule has 0 heterocycles. The number of ether oxygens (including phenoxy) is 1. The summed E-state index contributed by atoms with van der Waals surface area (Å²) in [6.45, 7) is 1.50. The lowest BCUT2D eigenvalue weighted by Gasteiger charge is -2.18. The number of carbonyl (C=O) groups excluding carboxylic acids is 2. The van der Waals surface area contributed by atoms with E-state index in [9.17, 15) is 18.8 Å². The number of carboxylic acids is 1. The minimum absolute atomic E-state index is 0.0336. The van der Waals surface area contributed by atoms with E-state index in [-0.39, 0.29) is 36.5 Å². The molecular weight excluding hydrogens is 293 g/mol. The van der Waals surface area contributed by atoms with Crippen molar-refractivity contribution in [2.75, 3.05) is 20.2 Å². The van der Waals surface area contributed by atoms with Crippen LogP contribution >= 0.6 is 0 Å². The maximum atomic E-state index is 13.5. The summed E-state index contributed by atoms with van der Waals surface area (Å²) >= 11 is 0. The second-order valence-electron chi connectivity index (χ2n) is 4.57. The van der Waals surface area contributed by atoms with Crippen molar-refractivity contribution in [3.8, 4) is 5.75 Å². The van der Waals surface area contributed by atoms with Gasteiger partial charge in [-0.3, -0.25) is 14.4 Å². The van der Waals surface area contributed by atoms with E-state index < -0.39 is 24.2 Å². The van der Waals surface area contributed by atoms with Crippen LogP contribution in [0.1, 0.15) is 30.1 Å². The number of nitrogens with zero attached hydrogens (tertiary/aromatic N) is 1. The maximum Gasteiger partial charge on any atom is 0.323 e. The molecule has 6 nitrogen and oxygen atoms in total. The number of Topliss-reactive ketones (excluding diaryl/α,β-unsaturated/α-hetero) is 1. The highest BCUT2D eigenvalue weighted by Gasteiger charge is 2.17. The van der Waals surface area contributed by atoms with Gasteiger partial charge in [-0.1, -0.05) is 0 Å². The summed E-state index contributed by atoms with van der Waals surface area (Å²) in [4.78, 5) is 35.5. The highest BCUT2D eigenvalue weighted by Crippen LogP contribution is 2.19. The zero-order valence-corrected chi connectivity index (χ0v) is 12.5. The molecule has 0 fully saturated rings. The summed E-state index contributed by atoms with van der Waals surface area (Å²) in [6, 6.07) is 3.82. The first kappa shape index (κ1) is 17.6. The summed E-state index contributed by atoms with van der Waals surface area (Å²) in [5, 5.41) is 8.68. The molecule has 1 aromatic rings. The van der Waals surface area contributed by atoms with Crippen LogP contribution in [0.25, 0.3) is 0 Å². The van der Waals surface area contributed by atoms with Gasteiger partial charge in [-0.15, -0.1) is 0 Å². The van der Waals surface area contributed by atoms with Crippen LogP contribution in [0.4, 0.5) is 4.39 Å². The number of amides is 1. The molecule has 0 saturated heterocycles. The summed E-state index contributed by atoms with van der Waals surface area (Å²) < 4.78 is 18.3. The summed E-state index contributed by atoms with van der Waals surface area (Å²) in [7, 11) is 1.32. The second-order valence-corrected chi connectivity index (χ2v) is 4.57. The molecule has 1 aromatic carbocycles. The molecule has 0 spiro atoms. The molecule has 0 atom stereocenters. The van der Waals surface area contributed by atoms with Gasteiger partial charge in [-0.05, 0) is 25.1 Å². The van der Waals surface area contributed by atoms with Gasteiger partial charge in [0, 0.05) is 24.9 Å². The van der Waals surface area contributed by atoms with E-state index in [0.717, 1.165) is 11.0 Å². The van der Waals surface area contributed by atoms with E-state index in [2.05, 4.69) is 0 Å². The van der Waals surface area contributed by atoms with E-state index in [1.807, 2.05) is 0 Å². The Labute approximate surface area is 127 Å². The number of halogens is 1. The number of hydrogen-bond donors (Lipinski definition) is 1. The molecule has 0 aliphatic rings. The average Bonchev–Trinajstić information content (AvgIpc) is 2.49. The highest BCUT2D eigenvalue weighted by molar-refractivity contribution is 5.98. The molecule has 0 unspecified atom stereocenters. The largest absolute Gasteiger partial charge is 0.494 e.